The Hall–Kier alpha value is -1.43. The molecule has 2 rings (SSSR count). The van der Waals surface area contributed by atoms with Crippen LogP contribution < -0.4 is 0 Å². The number of aryl methyl sites for hydroxylation is 1. The molecule has 6 nitrogen and oxygen atoms in total. The molecule has 0 radical (unpaired) electrons. The first-order valence-electron chi connectivity index (χ1n) is 6.84. The van der Waals surface area contributed by atoms with E-state index >= 15 is 0 Å². The Morgan fingerprint density at radius 2 is 2.42 bits per heavy atom. The van der Waals surface area contributed by atoms with Crippen molar-refractivity contribution in [2.24, 2.45) is 18.9 Å². The zero-order chi connectivity index (χ0) is 13.8. The van der Waals surface area contributed by atoms with Crippen molar-refractivity contribution in [2.45, 2.75) is 32.7 Å². The predicted octanol–water partition coefficient (Wildman–Crippen LogP) is 1.14. The molecule has 1 saturated heterocycles. The Morgan fingerprint density at radius 3 is 3.05 bits per heavy atom. The Kier molecular flexibility index (Phi) is 4.52. The molecule has 0 spiro atoms. The monoisotopic (exact) mass is 266 g/mol. The highest BCUT2D eigenvalue weighted by atomic mass is 16.4. The maximum atomic E-state index is 10.8. The molecule has 1 N–H and O–H groups in total. The highest BCUT2D eigenvalue weighted by molar-refractivity contribution is 5.67. The van der Waals surface area contributed by atoms with E-state index in [1.54, 1.807) is 4.68 Å². The standard InChI is InChI=1S/C13H22N4O2/c1-10(6-13(18)19)11-4-3-5-17(7-11)9-12-8-16(2)15-14-12/h8,10-11H,3-7,9H2,1-2H3,(H,18,19). The fourth-order valence-corrected chi connectivity index (χ4v) is 2.84. The van der Waals surface area contributed by atoms with E-state index in [2.05, 4.69) is 15.2 Å². The van der Waals surface area contributed by atoms with E-state index in [1.807, 2.05) is 20.2 Å². The molecule has 0 aliphatic carbocycles. The number of carboxylic acids is 1. The van der Waals surface area contributed by atoms with Gasteiger partial charge in [-0.05, 0) is 31.2 Å². The lowest BCUT2D eigenvalue weighted by Crippen LogP contribution is -2.38. The molecule has 0 saturated carbocycles. The third kappa shape index (κ3) is 4.02. The summed E-state index contributed by atoms with van der Waals surface area (Å²) in [6, 6.07) is 0. The van der Waals surface area contributed by atoms with Gasteiger partial charge in [0, 0.05) is 32.8 Å². The van der Waals surface area contributed by atoms with E-state index in [0.717, 1.165) is 38.2 Å². The Balaban J connectivity index is 1.88. The van der Waals surface area contributed by atoms with Crippen LogP contribution in [0.15, 0.2) is 6.20 Å². The van der Waals surface area contributed by atoms with Gasteiger partial charge in [-0.1, -0.05) is 12.1 Å². The van der Waals surface area contributed by atoms with Gasteiger partial charge in [0.1, 0.15) is 0 Å². The molecular formula is C13H22N4O2. The number of aliphatic carboxylic acids is 1. The van der Waals surface area contributed by atoms with Gasteiger partial charge in [0.2, 0.25) is 0 Å². The molecule has 0 amide bonds. The lowest BCUT2D eigenvalue weighted by atomic mass is 9.84. The van der Waals surface area contributed by atoms with Gasteiger partial charge in [-0.25, -0.2) is 0 Å². The first-order valence-corrected chi connectivity index (χ1v) is 6.84. The number of likely N-dealkylation sites (tertiary alicyclic amines) is 1. The van der Waals surface area contributed by atoms with E-state index in [-0.39, 0.29) is 12.3 Å². The zero-order valence-electron chi connectivity index (χ0n) is 11.6. The minimum absolute atomic E-state index is 0.238. The van der Waals surface area contributed by atoms with Gasteiger partial charge < -0.3 is 5.11 Å². The third-order valence-electron chi connectivity index (χ3n) is 3.88. The number of piperidine rings is 1. The van der Waals surface area contributed by atoms with Crippen LogP contribution in [0.1, 0.15) is 31.9 Å². The van der Waals surface area contributed by atoms with Crippen molar-refractivity contribution >= 4 is 5.97 Å². The van der Waals surface area contributed by atoms with Gasteiger partial charge in [-0.2, -0.15) is 0 Å². The summed E-state index contributed by atoms with van der Waals surface area (Å²) in [4.78, 5) is 13.2. The quantitative estimate of drug-likeness (QED) is 0.865. The van der Waals surface area contributed by atoms with Gasteiger partial charge in [0.25, 0.3) is 0 Å². The maximum absolute atomic E-state index is 10.8. The lowest BCUT2D eigenvalue weighted by molar-refractivity contribution is -0.138. The number of rotatable bonds is 5. The molecule has 6 heteroatoms. The van der Waals surface area contributed by atoms with Gasteiger partial charge in [-0.15, -0.1) is 5.10 Å². The molecule has 19 heavy (non-hydrogen) atoms. The van der Waals surface area contributed by atoms with E-state index in [9.17, 15) is 4.79 Å². The second kappa shape index (κ2) is 6.14. The topological polar surface area (TPSA) is 71.2 Å². The van der Waals surface area contributed by atoms with E-state index < -0.39 is 5.97 Å². The maximum Gasteiger partial charge on any atom is 0.303 e. The van der Waals surface area contributed by atoms with Gasteiger partial charge in [0.15, 0.2) is 0 Å². The van der Waals surface area contributed by atoms with Crippen molar-refractivity contribution < 1.29 is 9.90 Å². The number of carbonyl (C=O) groups is 1. The minimum atomic E-state index is -0.696. The van der Waals surface area contributed by atoms with Gasteiger partial charge >= 0.3 is 5.97 Å². The van der Waals surface area contributed by atoms with Crippen LogP contribution in [0.2, 0.25) is 0 Å². The molecule has 0 aromatic carbocycles. The van der Waals surface area contributed by atoms with E-state index in [4.69, 9.17) is 5.11 Å². The van der Waals surface area contributed by atoms with Gasteiger partial charge in [0.05, 0.1) is 5.69 Å². The molecule has 2 unspecified atom stereocenters. The molecule has 1 aromatic rings. The van der Waals surface area contributed by atoms with E-state index in [1.165, 1.54) is 0 Å². The highest BCUT2D eigenvalue weighted by Crippen LogP contribution is 2.26. The van der Waals surface area contributed by atoms with Crippen LogP contribution in [0.4, 0.5) is 0 Å². The number of hydrogen-bond acceptors (Lipinski definition) is 4. The SMILES string of the molecule is CC(CC(=O)O)C1CCCN(Cc2cn(C)nn2)C1. The van der Waals surface area contributed by atoms with Crippen LogP contribution in [0.5, 0.6) is 0 Å². The van der Waals surface area contributed by atoms with Crippen LogP contribution in [-0.2, 0) is 18.4 Å². The van der Waals surface area contributed by atoms with Crippen LogP contribution in [0.3, 0.4) is 0 Å². The molecule has 1 fully saturated rings. The summed E-state index contributed by atoms with van der Waals surface area (Å²) >= 11 is 0. The Bertz CT molecular complexity index is 432. The summed E-state index contributed by atoms with van der Waals surface area (Å²) in [5.41, 5.74) is 0.981. The zero-order valence-corrected chi connectivity index (χ0v) is 11.6. The average molecular weight is 266 g/mol. The number of hydrogen-bond donors (Lipinski definition) is 1. The molecular weight excluding hydrogens is 244 g/mol. The first-order chi connectivity index (χ1) is 9.04. The summed E-state index contributed by atoms with van der Waals surface area (Å²) < 4.78 is 1.71. The Morgan fingerprint density at radius 1 is 1.63 bits per heavy atom. The summed E-state index contributed by atoms with van der Waals surface area (Å²) in [6.07, 6.45) is 4.47. The molecule has 1 aromatic heterocycles. The lowest BCUT2D eigenvalue weighted by Gasteiger charge is -2.35. The predicted molar refractivity (Wildman–Crippen MR) is 70.4 cm³/mol. The van der Waals surface area contributed by atoms with Crippen molar-refractivity contribution in [2.75, 3.05) is 13.1 Å². The van der Waals surface area contributed by atoms with Crippen molar-refractivity contribution in [1.29, 1.82) is 0 Å². The van der Waals surface area contributed by atoms with Gasteiger partial charge in [-0.3, -0.25) is 14.4 Å². The third-order valence-corrected chi connectivity index (χ3v) is 3.88. The first kappa shape index (κ1) is 14.0. The second-order valence-corrected chi connectivity index (χ2v) is 5.60. The molecule has 0 bridgehead atoms. The van der Waals surface area contributed by atoms with E-state index in [0.29, 0.717) is 5.92 Å². The second-order valence-electron chi connectivity index (χ2n) is 5.60. The largest absolute Gasteiger partial charge is 0.481 e. The van der Waals surface area contributed by atoms with Crippen LogP contribution >= 0.6 is 0 Å². The van der Waals surface area contributed by atoms with Crippen molar-refractivity contribution in [1.82, 2.24) is 19.9 Å². The van der Waals surface area contributed by atoms with Crippen molar-refractivity contribution in [3.05, 3.63) is 11.9 Å². The summed E-state index contributed by atoms with van der Waals surface area (Å²) in [7, 11) is 1.87. The molecule has 106 valence electrons. The number of carboxylic acid groups (broad SMARTS) is 1. The van der Waals surface area contributed by atoms with Crippen LogP contribution in [-0.4, -0.2) is 44.1 Å². The smallest absolute Gasteiger partial charge is 0.303 e. The van der Waals surface area contributed by atoms with Crippen molar-refractivity contribution in [3.8, 4) is 0 Å². The number of nitrogens with zero attached hydrogens (tertiary/aromatic N) is 4. The normalized spacial score (nSPS) is 22.3. The molecule has 2 heterocycles. The fourth-order valence-electron chi connectivity index (χ4n) is 2.84. The van der Waals surface area contributed by atoms with Crippen LogP contribution in [0.25, 0.3) is 0 Å². The summed E-state index contributed by atoms with van der Waals surface area (Å²) in [6.45, 7) is 4.88. The molecule has 1 aliphatic rings. The minimum Gasteiger partial charge on any atom is -0.481 e. The number of aromatic nitrogens is 3. The summed E-state index contributed by atoms with van der Waals surface area (Å²) in [5, 5.41) is 16.9. The van der Waals surface area contributed by atoms with Crippen LogP contribution in [0, 0.1) is 11.8 Å². The summed E-state index contributed by atoms with van der Waals surface area (Å²) in [5.74, 6) is 0.0160. The average Bonchev–Trinajstić information content (AvgIpc) is 2.74. The Labute approximate surface area is 113 Å². The molecule has 1 aliphatic heterocycles. The fraction of sp³-hybridized carbons (Fsp3) is 0.769. The molecule has 2 atom stereocenters. The van der Waals surface area contributed by atoms with Crippen molar-refractivity contribution in [3.63, 3.8) is 0 Å². The highest BCUT2D eigenvalue weighted by Gasteiger charge is 2.26.